The monoisotopic (exact) mass is 534 g/mol. The van der Waals surface area contributed by atoms with E-state index in [-0.39, 0.29) is 5.82 Å². The molecule has 2 N–H and O–H groups in total. The minimum absolute atomic E-state index is 0.299. The summed E-state index contributed by atoms with van der Waals surface area (Å²) in [5.41, 5.74) is 2.48. The molecular formula is C23H24FIN4O2. The van der Waals surface area contributed by atoms with Crippen molar-refractivity contribution in [1.82, 2.24) is 10.2 Å². The molecule has 2 aromatic rings. The summed E-state index contributed by atoms with van der Waals surface area (Å²) in [7, 11) is 4.06. The molecule has 31 heavy (non-hydrogen) atoms. The Morgan fingerprint density at radius 3 is 2.74 bits per heavy atom. The van der Waals surface area contributed by atoms with E-state index in [0.29, 0.717) is 34.1 Å². The Balaban J connectivity index is 1.57. The van der Waals surface area contributed by atoms with Gasteiger partial charge in [-0.2, -0.15) is 0 Å². The van der Waals surface area contributed by atoms with E-state index in [1.807, 2.05) is 26.2 Å². The molecule has 2 heterocycles. The second-order valence-electron chi connectivity index (χ2n) is 8.09. The first-order valence-corrected chi connectivity index (χ1v) is 11.2. The number of nitrogens with one attached hydrogen (secondary N) is 2. The van der Waals surface area contributed by atoms with Crippen LogP contribution in [0.3, 0.4) is 0 Å². The van der Waals surface area contributed by atoms with E-state index in [9.17, 15) is 14.0 Å². The van der Waals surface area contributed by atoms with Crippen LogP contribution in [0.5, 0.6) is 0 Å². The molecule has 1 atom stereocenters. The van der Waals surface area contributed by atoms with Crippen molar-refractivity contribution in [2.45, 2.75) is 18.9 Å². The SMILES string of the molecule is CN(C)CC1CCCN1c1ccc(N/C=C2\C(=O)NC(=O)c3ccc(I)cc32)cc1F. The highest BCUT2D eigenvalue weighted by Crippen LogP contribution is 2.31. The van der Waals surface area contributed by atoms with Crippen LogP contribution in [0, 0.1) is 9.39 Å². The molecule has 162 valence electrons. The predicted octanol–water partition coefficient (Wildman–Crippen LogP) is 3.68. The van der Waals surface area contributed by atoms with Crippen LogP contribution in [0.2, 0.25) is 0 Å². The lowest BCUT2D eigenvalue weighted by Crippen LogP contribution is -2.38. The Morgan fingerprint density at radius 1 is 1.19 bits per heavy atom. The van der Waals surface area contributed by atoms with E-state index in [0.717, 1.165) is 29.5 Å². The highest BCUT2D eigenvalue weighted by molar-refractivity contribution is 14.1. The van der Waals surface area contributed by atoms with Crippen LogP contribution >= 0.6 is 22.6 Å². The normalized spacial score (nSPS) is 19.7. The second kappa shape index (κ2) is 8.96. The Labute approximate surface area is 194 Å². The molecule has 1 saturated heterocycles. The summed E-state index contributed by atoms with van der Waals surface area (Å²) in [5.74, 6) is -1.19. The van der Waals surface area contributed by atoms with Crippen molar-refractivity contribution in [3.63, 3.8) is 0 Å². The lowest BCUT2D eigenvalue weighted by Gasteiger charge is -2.29. The minimum Gasteiger partial charge on any atom is -0.365 e. The first kappa shape index (κ1) is 21.8. The summed E-state index contributed by atoms with van der Waals surface area (Å²) >= 11 is 2.14. The van der Waals surface area contributed by atoms with Crippen molar-refractivity contribution in [1.29, 1.82) is 0 Å². The molecule has 0 spiro atoms. The van der Waals surface area contributed by atoms with Crippen molar-refractivity contribution in [2.75, 3.05) is 37.4 Å². The zero-order chi connectivity index (χ0) is 22.1. The zero-order valence-electron chi connectivity index (χ0n) is 17.4. The Bertz CT molecular complexity index is 1070. The fourth-order valence-electron chi connectivity index (χ4n) is 4.19. The van der Waals surface area contributed by atoms with E-state index in [1.165, 1.54) is 12.3 Å². The number of nitrogens with zero attached hydrogens (tertiary/aromatic N) is 2. The number of rotatable bonds is 5. The highest BCUT2D eigenvalue weighted by Gasteiger charge is 2.28. The smallest absolute Gasteiger partial charge is 0.260 e. The molecule has 1 unspecified atom stereocenters. The lowest BCUT2D eigenvalue weighted by atomic mass is 9.95. The average molecular weight is 534 g/mol. The first-order chi connectivity index (χ1) is 14.8. The standard InChI is InChI=1S/C23H24FIN4O2/c1-28(2)13-16-4-3-9-29(16)21-8-6-15(11-20(21)24)26-12-19-18-10-14(25)5-7-17(18)22(30)27-23(19)31/h5-8,10-12,16,26H,3-4,9,13H2,1-2H3,(H,27,30,31)/b19-12-. The van der Waals surface area contributed by atoms with Crippen LogP contribution in [0.25, 0.3) is 5.57 Å². The predicted molar refractivity (Wildman–Crippen MR) is 129 cm³/mol. The van der Waals surface area contributed by atoms with Gasteiger partial charge >= 0.3 is 0 Å². The number of amides is 2. The summed E-state index contributed by atoms with van der Waals surface area (Å²) in [6.07, 6.45) is 3.63. The minimum atomic E-state index is -0.479. The van der Waals surface area contributed by atoms with Gasteiger partial charge in [-0.05, 0) is 85.9 Å². The molecule has 8 heteroatoms. The highest BCUT2D eigenvalue weighted by atomic mass is 127. The van der Waals surface area contributed by atoms with E-state index in [2.05, 4.69) is 43.0 Å². The van der Waals surface area contributed by atoms with E-state index in [1.54, 1.807) is 18.2 Å². The molecule has 2 aliphatic rings. The van der Waals surface area contributed by atoms with Crippen LogP contribution in [-0.2, 0) is 4.79 Å². The van der Waals surface area contributed by atoms with E-state index in [4.69, 9.17) is 0 Å². The molecule has 2 aromatic carbocycles. The van der Waals surface area contributed by atoms with Crippen LogP contribution in [0.15, 0.2) is 42.6 Å². The zero-order valence-corrected chi connectivity index (χ0v) is 19.6. The summed E-state index contributed by atoms with van der Waals surface area (Å²) in [6, 6.07) is 10.6. The fourth-order valence-corrected chi connectivity index (χ4v) is 4.68. The van der Waals surface area contributed by atoms with Gasteiger partial charge in [0.15, 0.2) is 0 Å². The largest absolute Gasteiger partial charge is 0.365 e. The molecule has 4 rings (SSSR count). The van der Waals surface area contributed by atoms with Gasteiger partial charge in [-0.3, -0.25) is 14.9 Å². The topological polar surface area (TPSA) is 64.7 Å². The number of imide groups is 1. The van der Waals surface area contributed by atoms with Gasteiger partial charge in [-0.15, -0.1) is 0 Å². The number of carbonyl (C=O) groups excluding carboxylic acids is 2. The van der Waals surface area contributed by atoms with Gasteiger partial charge in [0, 0.05) is 45.7 Å². The summed E-state index contributed by atoms with van der Waals surface area (Å²) < 4.78 is 15.9. The van der Waals surface area contributed by atoms with Crippen LogP contribution < -0.4 is 15.5 Å². The molecule has 1 fully saturated rings. The van der Waals surface area contributed by atoms with Crippen LogP contribution in [-0.4, -0.2) is 49.9 Å². The van der Waals surface area contributed by atoms with Gasteiger partial charge in [0.2, 0.25) is 0 Å². The van der Waals surface area contributed by atoms with Gasteiger partial charge in [-0.1, -0.05) is 0 Å². The maximum absolute atomic E-state index is 15.0. The quantitative estimate of drug-likeness (QED) is 0.348. The fraction of sp³-hybridized carbons (Fsp3) is 0.304. The van der Waals surface area contributed by atoms with E-state index < -0.39 is 11.8 Å². The average Bonchev–Trinajstić information content (AvgIpc) is 3.14. The molecular weight excluding hydrogens is 510 g/mol. The third-order valence-electron chi connectivity index (χ3n) is 5.58. The molecule has 6 nitrogen and oxygen atoms in total. The number of benzene rings is 2. The molecule has 2 aliphatic heterocycles. The summed E-state index contributed by atoms with van der Waals surface area (Å²) in [6.45, 7) is 1.73. The maximum Gasteiger partial charge on any atom is 0.260 e. The van der Waals surface area contributed by atoms with Gasteiger partial charge in [0.1, 0.15) is 5.82 Å². The molecule has 0 radical (unpaired) electrons. The molecule has 0 bridgehead atoms. The van der Waals surface area contributed by atoms with Gasteiger partial charge in [0.05, 0.1) is 11.3 Å². The van der Waals surface area contributed by atoms with Gasteiger partial charge < -0.3 is 15.1 Å². The van der Waals surface area contributed by atoms with E-state index >= 15 is 0 Å². The van der Waals surface area contributed by atoms with Crippen molar-refractivity contribution in [3.8, 4) is 0 Å². The van der Waals surface area contributed by atoms with Crippen molar-refractivity contribution < 1.29 is 14.0 Å². The number of likely N-dealkylation sites (N-methyl/N-ethyl adjacent to an activating group) is 1. The third-order valence-corrected chi connectivity index (χ3v) is 6.25. The summed E-state index contributed by atoms with van der Waals surface area (Å²) in [5, 5.41) is 5.36. The Hall–Kier alpha value is -2.46. The van der Waals surface area contributed by atoms with Gasteiger partial charge in [-0.25, -0.2) is 4.39 Å². The number of anilines is 2. The third kappa shape index (κ3) is 4.59. The van der Waals surface area contributed by atoms with Crippen molar-refractivity contribution in [2.24, 2.45) is 0 Å². The van der Waals surface area contributed by atoms with Crippen LogP contribution in [0.4, 0.5) is 15.8 Å². The Kier molecular flexibility index (Phi) is 6.29. The number of carbonyl (C=O) groups is 2. The molecule has 0 aromatic heterocycles. The van der Waals surface area contributed by atoms with Crippen molar-refractivity contribution >= 4 is 51.4 Å². The number of fused-ring (bicyclic) bond motifs is 1. The first-order valence-electron chi connectivity index (χ1n) is 10.2. The van der Waals surface area contributed by atoms with Gasteiger partial charge in [0.25, 0.3) is 11.8 Å². The molecule has 0 aliphatic carbocycles. The lowest BCUT2D eigenvalue weighted by molar-refractivity contribution is -0.114. The Morgan fingerprint density at radius 2 is 2.00 bits per heavy atom. The number of hydrogen-bond donors (Lipinski definition) is 2. The maximum atomic E-state index is 15.0. The summed E-state index contributed by atoms with van der Waals surface area (Å²) in [4.78, 5) is 28.7. The number of halogens is 2. The van der Waals surface area contributed by atoms with Crippen LogP contribution in [0.1, 0.15) is 28.8 Å². The number of hydrogen-bond acceptors (Lipinski definition) is 5. The molecule has 0 saturated carbocycles. The second-order valence-corrected chi connectivity index (χ2v) is 9.34. The van der Waals surface area contributed by atoms with Crippen molar-refractivity contribution in [3.05, 3.63) is 63.1 Å². The molecule has 2 amide bonds.